The number of rotatable bonds is 3. The first-order chi connectivity index (χ1) is 9.19. The number of nitrogens with one attached hydrogen (secondary N) is 1. The first kappa shape index (κ1) is 13.4. The molecule has 4 nitrogen and oxygen atoms in total. The molecule has 1 aliphatic heterocycles. The van der Waals surface area contributed by atoms with Crippen LogP contribution >= 0.6 is 0 Å². The molecule has 19 heavy (non-hydrogen) atoms. The number of hydrogen-bond acceptors (Lipinski definition) is 3. The van der Waals surface area contributed by atoms with Gasteiger partial charge in [0.05, 0.1) is 12.5 Å². The molecule has 1 N–H and O–H groups in total. The maximum atomic E-state index is 11.2. The second-order valence-electron chi connectivity index (χ2n) is 4.96. The highest BCUT2D eigenvalue weighted by atomic mass is 16.2. The largest absolute Gasteiger partial charge is 0.382 e. The standard InChI is InChI=1S/C15H19N3O/c1-12(19)18-10-7-15(8-11-18)17-14-4-2-13(3-5-14)6-9-16/h2-5,15,17H,6-8,10-11H2,1H3. The van der Waals surface area contributed by atoms with Gasteiger partial charge in [-0.15, -0.1) is 0 Å². The van der Waals surface area contributed by atoms with Crippen LogP contribution in [0.15, 0.2) is 24.3 Å². The van der Waals surface area contributed by atoms with E-state index < -0.39 is 0 Å². The lowest BCUT2D eigenvalue weighted by Crippen LogP contribution is -2.41. The number of nitriles is 1. The Bertz CT molecular complexity index is 467. The number of hydrogen-bond donors (Lipinski definition) is 1. The normalized spacial score (nSPS) is 15.9. The number of anilines is 1. The maximum absolute atomic E-state index is 11.2. The minimum atomic E-state index is 0.166. The Morgan fingerprint density at radius 1 is 1.37 bits per heavy atom. The minimum Gasteiger partial charge on any atom is -0.382 e. The number of piperidine rings is 1. The van der Waals surface area contributed by atoms with E-state index in [0.717, 1.165) is 37.2 Å². The van der Waals surface area contributed by atoms with E-state index in [1.807, 2.05) is 29.2 Å². The monoisotopic (exact) mass is 257 g/mol. The van der Waals surface area contributed by atoms with Crippen LogP contribution in [0.25, 0.3) is 0 Å². The molecule has 1 aromatic carbocycles. The second kappa shape index (κ2) is 6.24. The number of benzene rings is 1. The van der Waals surface area contributed by atoms with Gasteiger partial charge in [0.25, 0.3) is 0 Å². The Hall–Kier alpha value is -2.02. The van der Waals surface area contributed by atoms with Gasteiger partial charge in [-0.2, -0.15) is 5.26 Å². The third-order valence-corrected chi connectivity index (χ3v) is 3.55. The fourth-order valence-electron chi connectivity index (χ4n) is 2.38. The van der Waals surface area contributed by atoms with E-state index in [1.165, 1.54) is 0 Å². The molecule has 1 amide bonds. The molecule has 1 fully saturated rings. The van der Waals surface area contributed by atoms with Gasteiger partial charge < -0.3 is 10.2 Å². The molecule has 1 heterocycles. The first-order valence-electron chi connectivity index (χ1n) is 6.67. The minimum absolute atomic E-state index is 0.166. The zero-order valence-corrected chi connectivity index (χ0v) is 11.2. The molecule has 1 aliphatic rings. The van der Waals surface area contributed by atoms with Gasteiger partial charge in [0.1, 0.15) is 0 Å². The van der Waals surface area contributed by atoms with Crippen LogP contribution in [0.5, 0.6) is 0 Å². The first-order valence-corrected chi connectivity index (χ1v) is 6.67. The molecule has 0 unspecified atom stereocenters. The highest BCUT2D eigenvalue weighted by Crippen LogP contribution is 2.17. The zero-order valence-electron chi connectivity index (χ0n) is 11.2. The quantitative estimate of drug-likeness (QED) is 0.903. The van der Waals surface area contributed by atoms with Crippen molar-refractivity contribution in [1.82, 2.24) is 4.90 Å². The molecule has 0 bridgehead atoms. The van der Waals surface area contributed by atoms with E-state index in [2.05, 4.69) is 11.4 Å². The third kappa shape index (κ3) is 3.72. The van der Waals surface area contributed by atoms with Crippen molar-refractivity contribution in [3.8, 4) is 6.07 Å². The van der Waals surface area contributed by atoms with Crippen molar-refractivity contribution in [3.63, 3.8) is 0 Å². The van der Waals surface area contributed by atoms with Crippen molar-refractivity contribution in [1.29, 1.82) is 5.26 Å². The van der Waals surface area contributed by atoms with E-state index in [0.29, 0.717) is 12.5 Å². The van der Waals surface area contributed by atoms with Crippen LogP contribution in [0, 0.1) is 11.3 Å². The van der Waals surface area contributed by atoms with Gasteiger partial charge in [-0.05, 0) is 30.5 Å². The summed E-state index contributed by atoms with van der Waals surface area (Å²) in [6, 6.07) is 10.6. The number of carbonyl (C=O) groups excluding carboxylic acids is 1. The number of likely N-dealkylation sites (tertiary alicyclic amines) is 1. The summed E-state index contributed by atoms with van der Waals surface area (Å²) in [5, 5.41) is 12.1. The third-order valence-electron chi connectivity index (χ3n) is 3.55. The maximum Gasteiger partial charge on any atom is 0.219 e. The molecule has 100 valence electrons. The number of amides is 1. The highest BCUT2D eigenvalue weighted by molar-refractivity contribution is 5.73. The Morgan fingerprint density at radius 2 is 2.00 bits per heavy atom. The molecule has 2 rings (SSSR count). The summed E-state index contributed by atoms with van der Waals surface area (Å²) < 4.78 is 0. The smallest absolute Gasteiger partial charge is 0.219 e. The van der Waals surface area contributed by atoms with Crippen molar-refractivity contribution in [3.05, 3.63) is 29.8 Å². The predicted octanol–water partition coefficient (Wildman–Crippen LogP) is 2.18. The topological polar surface area (TPSA) is 56.1 Å². The highest BCUT2D eigenvalue weighted by Gasteiger charge is 2.20. The van der Waals surface area contributed by atoms with Crippen LogP contribution in [0.3, 0.4) is 0 Å². The average molecular weight is 257 g/mol. The average Bonchev–Trinajstić information content (AvgIpc) is 2.42. The molecule has 0 spiro atoms. The summed E-state index contributed by atoms with van der Waals surface area (Å²) in [7, 11) is 0. The van der Waals surface area contributed by atoms with Gasteiger partial charge in [-0.3, -0.25) is 4.79 Å². The molecule has 0 radical (unpaired) electrons. The number of carbonyl (C=O) groups is 1. The fourth-order valence-corrected chi connectivity index (χ4v) is 2.38. The Morgan fingerprint density at radius 3 is 2.53 bits per heavy atom. The molecular formula is C15H19N3O. The summed E-state index contributed by atoms with van der Waals surface area (Å²) in [5.41, 5.74) is 2.13. The Balaban J connectivity index is 1.85. The van der Waals surface area contributed by atoms with E-state index in [1.54, 1.807) is 6.92 Å². The predicted molar refractivity (Wildman–Crippen MR) is 74.7 cm³/mol. The van der Waals surface area contributed by atoms with Crippen molar-refractivity contribution < 1.29 is 4.79 Å². The SMILES string of the molecule is CC(=O)N1CCC(Nc2ccc(CC#N)cc2)CC1. The van der Waals surface area contributed by atoms with Gasteiger partial charge in [0.2, 0.25) is 5.91 Å². The lowest BCUT2D eigenvalue weighted by molar-refractivity contribution is -0.129. The van der Waals surface area contributed by atoms with E-state index in [-0.39, 0.29) is 5.91 Å². The van der Waals surface area contributed by atoms with E-state index in [4.69, 9.17) is 5.26 Å². The molecular weight excluding hydrogens is 238 g/mol. The lowest BCUT2D eigenvalue weighted by atomic mass is 10.0. The van der Waals surface area contributed by atoms with Crippen LogP contribution in [0.1, 0.15) is 25.3 Å². The molecule has 0 aliphatic carbocycles. The van der Waals surface area contributed by atoms with Gasteiger partial charge in [0, 0.05) is 31.7 Å². The van der Waals surface area contributed by atoms with Crippen LogP contribution in [0.4, 0.5) is 5.69 Å². The summed E-state index contributed by atoms with van der Waals surface area (Å²) in [6.45, 7) is 3.29. The summed E-state index contributed by atoms with van der Waals surface area (Å²) in [5.74, 6) is 0.166. The van der Waals surface area contributed by atoms with Gasteiger partial charge in [0.15, 0.2) is 0 Å². The Labute approximate surface area is 114 Å². The molecule has 1 aromatic rings. The summed E-state index contributed by atoms with van der Waals surface area (Å²) in [4.78, 5) is 13.1. The van der Waals surface area contributed by atoms with Gasteiger partial charge in [-0.1, -0.05) is 12.1 Å². The van der Waals surface area contributed by atoms with Crippen molar-refractivity contribution >= 4 is 11.6 Å². The van der Waals surface area contributed by atoms with Crippen molar-refractivity contribution in [2.75, 3.05) is 18.4 Å². The van der Waals surface area contributed by atoms with Crippen LogP contribution < -0.4 is 5.32 Å². The molecule has 4 heteroatoms. The summed E-state index contributed by atoms with van der Waals surface area (Å²) in [6.07, 6.45) is 2.43. The Kier molecular flexibility index (Phi) is 4.40. The fraction of sp³-hybridized carbons (Fsp3) is 0.467. The molecule has 0 saturated carbocycles. The van der Waals surface area contributed by atoms with Crippen LogP contribution in [0.2, 0.25) is 0 Å². The van der Waals surface area contributed by atoms with Crippen molar-refractivity contribution in [2.24, 2.45) is 0 Å². The molecule has 0 atom stereocenters. The van der Waals surface area contributed by atoms with E-state index >= 15 is 0 Å². The lowest BCUT2D eigenvalue weighted by Gasteiger charge is -2.32. The molecule has 1 saturated heterocycles. The van der Waals surface area contributed by atoms with E-state index in [9.17, 15) is 4.79 Å². The van der Waals surface area contributed by atoms with Gasteiger partial charge in [-0.25, -0.2) is 0 Å². The van der Waals surface area contributed by atoms with Crippen LogP contribution in [-0.4, -0.2) is 29.9 Å². The second-order valence-corrected chi connectivity index (χ2v) is 4.96. The van der Waals surface area contributed by atoms with Crippen LogP contribution in [-0.2, 0) is 11.2 Å². The zero-order chi connectivity index (χ0) is 13.7. The van der Waals surface area contributed by atoms with Gasteiger partial charge >= 0.3 is 0 Å². The van der Waals surface area contributed by atoms with Crippen molar-refractivity contribution in [2.45, 2.75) is 32.2 Å². The summed E-state index contributed by atoms with van der Waals surface area (Å²) >= 11 is 0. The molecule has 0 aromatic heterocycles. The number of nitrogens with zero attached hydrogens (tertiary/aromatic N) is 2.